The SMILES string of the molecule is C1=CCC(CCN2CCCCC2)=C1.C[Si](C)(C)C1=CC=C([Si](C)(C)C)C1.Cl.Cl.Cl.[Ti]. The largest absolute Gasteiger partial charge is 0.303 e. The molecular weight excluding hydrogens is 501 g/mol. The molecule has 0 N–H and O–H groups in total. The van der Waals surface area contributed by atoms with E-state index in [2.05, 4.69) is 74.6 Å². The maximum absolute atomic E-state index is 2.61. The van der Waals surface area contributed by atoms with Gasteiger partial charge in [-0.2, -0.15) is 0 Å². The maximum Gasteiger partial charge on any atom is 0.0728 e. The Bertz CT molecular complexity index is 569. The molecule has 1 heterocycles. The van der Waals surface area contributed by atoms with E-state index < -0.39 is 16.1 Å². The number of rotatable bonds is 5. The normalized spacial score (nSPS) is 18.3. The molecule has 1 nitrogen and oxygen atoms in total. The molecule has 0 aromatic carbocycles. The van der Waals surface area contributed by atoms with Gasteiger partial charge < -0.3 is 4.90 Å². The van der Waals surface area contributed by atoms with Crippen LogP contribution in [0.5, 0.6) is 0 Å². The molecule has 0 radical (unpaired) electrons. The first-order chi connectivity index (χ1) is 12.2. The quantitative estimate of drug-likeness (QED) is 0.317. The summed E-state index contributed by atoms with van der Waals surface area (Å²) in [6, 6.07) is 0. The van der Waals surface area contributed by atoms with Crippen molar-refractivity contribution in [2.75, 3.05) is 19.6 Å². The van der Waals surface area contributed by atoms with Crippen LogP contribution >= 0.6 is 37.2 Å². The smallest absolute Gasteiger partial charge is 0.0728 e. The van der Waals surface area contributed by atoms with Crippen molar-refractivity contribution < 1.29 is 21.7 Å². The van der Waals surface area contributed by atoms with E-state index >= 15 is 0 Å². The summed E-state index contributed by atoms with van der Waals surface area (Å²) >= 11 is 0. The molecule has 1 aliphatic heterocycles. The molecule has 0 bridgehead atoms. The average molecular weight is 545 g/mol. The van der Waals surface area contributed by atoms with Gasteiger partial charge >= 0.3 is 0 Å². The van der Waals surface area contributed by atoms with Gasteiger partial charge in [0.15, 0.2) is 0 Å². The molecule has 0 spiro atoms. The summed E-state index contributed by atoms with van der Waals surface area (Å²) in [7, 11) is -2.03. The second-order valence-corrected chi connectivity index (χ2v) is 20.5. The van der Waals surface area contributed by atoms with Gasteiger partial charge in [0.1, 0.15) is 0 Å². The number of allylic oxidation sites excluding steroid dienone is 7. The van der Waals surface area contributed by atoms with E-state index in [1.54, 1.807) is 16.0 Å². The number of likely N-dealkylation sites (tertiary alicyclic amines) is 1. The molecule has 0 atom stereocenters. The summed E-state index contributed by atoms with van der Waals surface area (Å²) in [4.78, 5) is 2.61. The van der Waals surface area contributed by atoms with Crippen LogP contribution in [-0.2, 0) is 21.7 Å². The van der Waals surface area contributed by atoms with Gasteiger partial charge in [-0.3, -0.25) is 0 Å². The summed E-state index contributed by atoms with van der Waals surface area (Å²) in [6.45, 7) is 18.6. The Morgan fingerprint density at radius 1 is 0.767 bits per heavy atom. The predicted octanol–water partition coefficient (Wildman–Crippen LogP) is 8.01. The van der Waals surface area contributed by atoms with Gasteiger partial charge in [-0.05, 0) is 45.2 Å². The standard InChI is InChI=1S/C12H19N.C11H22Si2.3ClH.Ti/c1-4-9-13(10-5-1)11-8-12-6-2-3-7-12;1-12(2,3)10-7-8-11(9-10)13(4,5)6;;;;/h2-3,6H,1,4-5,7-11H2;7-8H,9H2,1-6H3;3*1H;. The molecule has 0 amide bonds. The number of hydrogen-bond donors (Lipinski definition) is 0. The number of halogens is 3. The van der Waals surface area contributed by atoms with Gasteiger partial charge in [-0.1, -0.05) is 92.0 Å². The predicted molar refractivity (Wildman–Crippen MR) is 146 cm³/mol. The fourth-order valence-electron chi connectivity index (χ4n) is 3.72. The third-order valence-electron chi connectivity index (χ3n) is 5.84. The van der Waals surface area contributed by atoms with Crippen LogP contribution in [0.1, 0.15) is 38.5 Å². The molecular formula is C23H44Cl3NSi2Ti. The second kappa shape index (κ2) is 16.5. The Hall–Kier alpha value is 0.938. The van der Waals surface area contributed by atoms with E-state index in [4.69, 9.17) is 0 Å². The Balaban J connectivity index is -0.000000429. The number of nitrogens with zero attached hydrogens (tertiary/aromatic N) is 1. The van der Waals surface area contributed by atoms with Crippen molar-refractivity contribution in [3.05, 3.63) is 46.3 Å². The maximum atomic E-state index is 2.61. The van der Waals surface area contributed by atoms with Crippen molar-refractivity contribution in [3.63, 3.8) is 0 Å². The summed E-state index contributed by atoms with van der Waals surface area (Å²) in [5.41, 5.74) is 1.62. The molecule has 1 fully saturated rings. The van der Waals surface area contributed by atoms with Crippen LogP contribution in [0.25, 0.3) is 0 Å². The Morgan fingerprint density at radius 2 is 1.27 bits per heavy atom. The molecule has 2 aliphatic carbocycles. The van der Waals surface area contributed by atoms with Crippen molar-refractivity contribution in [2.24, 2.45) is 0 Å². The van der Waals surface area contributed by atoms with E-state index in [9.17, 15) is 0 Å². The van der Waals surface area contributed by atoms with Crippen molar-refractivity contribution in [3.8, 4) is 0 Å². The Morgan fingerprint density at radius 3 is 1.63 bits per heavy atom. The third-order valence-corrected chi connectivity index (χ3v) is 10.4. The van der Waals surface area contributed by atoms with E-state index in [1.165, 1.54) is 58.2 Å². The monoisotopic (exact) mass is 543 g/mol. The molecule has 0 unspecified atom stereocenters. The van der Waals surface area contributed by atoms with Crippen LogP contribution in [0, 0.1) is 0 Å². The van der Waals surface area contributed by atoms with E-state index in [1.807, 2.05) is 0 Å². The van der Waals surface area contributed by atoms with Crippen LogP contribution < -0.4 is 0 Å². The van der Waals surface area contributed by atoms with Crippen molar-refractivity contribution in [1.82, 2.24) is 4.90 Å². The molecule has 3 rings (SSSR count). The first-order valence-electron chi connectivity index (χ1n) is 10.6. The molecule has 30 heavy (non-hydrogen) atoms. The van der Waals surface area contributed by atoms with Crippen LogP contribution in [0.3, 0.4) is 0 Å². The molecule has 174 valence electrons. The summed E-state index contributed by atoms with van der Waals surface area (Å²) < 4.78 is 0. The topological polar surface area (TPSA) is 3.24 Å². The van der Waals surface area contributed by atoms with E-state index in [-0.39, 0.29) is 58.9 Å². The van der Waals surface area contributed by atoms with Crippen LogP contribution in [0.4, 0.5) is 0 Å². The minimum absolute atomic E-state index is 0. The average Bonchev–Trinajstić information content (AvgIpc) is 3.25. The summed E-state index contributed by atoms with van der Waals surface area (Å²) in [5, 5.41) is 3.48. The molecule has 0 aromatic heterocycles. The van der Waals surface area contributed by atoms with Gasteiger partial charge in [0.2, 0.25) is 0 Å². The second-order valence-electron chi connectivity index (χ2n) is 10.2. The molecule has 1 saturated heterocycles. The van der Waals surface area contributed by atoms with Crippen LogP contribution in [0.15, 0.2) is 46.3 Å². The zero-order valence-corrected chi connectivity index (χ0v) is 25.9. The Kier molecular flexibility index (Phi) is 19.6. The molecule has 7 heteroatoms. The zero-order valence-electron chi connectivity index (χ0n) is 19.9. The van der Waals surface area contributed by atoms with E-state index in [0.717, 1.165) is 0 Å². The summed E-state index contributed by atoms with van der Waals surface area (Å²) in [5.74, 6) is 0. The van der Waals surface area contributed by atoms with Gasteiger partial charge in [0.05, 0.1) is 16.1 Å². The van der Waals surface area contributed by atoms with Gasteiger partial charge in [0.25, 0.3) is 0 Å². The first kappa shape index (κ1) is 35.5. The van der Waals surface area contributed by atoms with Crippen molar-refractivity contribution >= 4 is 53.4 Å². The van der Waals surface area contributed by atoms with Crippen LogP contribution in [0.2, 0.25) is 39.3 Å². The Labute approximate surface area is 222 Å². The molecule has 0 aromatic rings. The minimum atomic E-state index is -1.01. The number of hydrogen-bond acceptors (Lipinski definition) is 1. The van der Waals surface area contributed by atoms with Crippen molar-refractivity contribution in [1.29, 1.82) is 0 Å². The zero-order chi connectivity index (χ0) is 19.2. The van der Waals surface area contributed by atoms with Crippen LogP contribution in [-0.4, -0.2) is 40.7 Å². The fraction of sp³-hybridized carbons (Fsp3) is 0.652. The molecule has 0 saturated carbocycles. The third kappa shape index (κ3) is 12.8. The molecule has 3 aliphatic rings. The van der Waals surface area contributed by atoms with E-state index in [0.29, 0.717) is 0 Å². The van der Waals surface area contributed by atoms with Gasteiger partial charge in [-0.15, -0.1) is 37.2 Å². The summed E-state index contributed by atoms with van der Waals surface area (Å²) in [6.07, 6.45) is 19.6. The van der Waals surface area contributed by atoms with Gasteiger partial charge in [0, 0.05) is 28.3 Å². The fourth-order valence-corrected chi connectivity index (χ4v) is 6.50. The van der Waals surface area contributed by atoms with Gasteiger partial charge in [-0.25, -0.2) is 0 Å². The van der Waals surface area contributed by atoms with Crippen molar-refractivity contribution in [2.45, 2.75) is 77.8 Å². The minimum Gasteiger partial charge on any atom is -0.303 e. The first-order valence-corrected chi connectivity index (χ1v) is 17.6. The number of piperidine rings is 1.